The van der Waals surface area contributed by atoms with Crippen molar-refractivity contribution in [1.29, 1.82) is 0 Å². The second-order valence-electron chi connectivity index (χ2n) is 3.68. The van der Waals surface area contributed by atoms with E-state index in [1.807, 2.05) is 19.3 Å². The van der Waals surface area contributed by atoms with E-state index in [2.05, 4.69) is 15.2 Å². The van der Waals surface area contributed by atoms with Crippen molar-refractivity contribution in [3.8, 4) is 0 Å². The van der Waals surface area contributed by atoms with E-state index < -0.39 is 12.8 Å². The molecule has 0 saturated heterocycles. The highest BCUT2D eigenvalue weighted by Crippen LogP contribution is 2.14. The second kappa shape index (κ2) is 6.61. The van der Waals surface area contributed by atoms with Crippen molar-refractivity contribution in [2.75, 3.05) is 19.8 Å². The lowest BCUT2D eigenvalue weighted by Gasteiger charge is -2.07. The minimum absolute atomic E-state index is 0.106. The van der Waals surface area contributed by atoms with Crippen molar-refractivity contribution in [1.82, 2.24) is 15.1 Å². The van der Waals surface area contributed by atoms with Gasteiger partial charge in [-0.2, -0.15) is 18.3 Å². The Hall–Kier alpha value is -1.08. The Balaban J connectivity index is 1.95. The van der Waals surface area contributed by atoms with Gasteiger partial charge in [-0.3, -0.25) is 4.68 Å². The number of hydrogen-bond donors (Lipinski definition) is 1. The Bertz CT molecular complexity index is 325. The number of alkyl halides is 3. The van der Waals surface area contributed by atoms with Gasteiger partial charge in [-0.1, -0.05) is 0 Å². The summed E-state index contributed by atoms with van der Waals surface area (Å²) in [6.07, 6.45) is -1.85. The number of hydrogen-bond acceptors (Lipinski definition) is 3. The van der Waals surface area contributed by atoms with Gasteiger partial charge in [0, 0.05) is 26.4 Å². The predicted octanol–water partition coefficient (Wildman–Crippen LogP) is 1.48. The monoisotopic (exact) mass is 251 g/mol. The maximum absolute atomic E-state index is 11.7. The van der Waals surface area contributed by atoms with Gasteiger partial charge in [-0.15, -0.1) is 0 Å². The topological polar surface area (TPSA) is 39.1 Å². The summed E-state index contributed by atoms with van der Waals surface area (Å²) in [6.45, 7) is 0.149. The molecule has 0 saturated carbocycles. The van der Waals surface area contributed by atoms with Crippen LogP contribution in [0, 0.1) is 0 Å². The number of rotatable bonds is 7. The minimum atomic E-state index is -4.23. The van der Waals surface area contributed by atoms with Crippen LogP contribution < -0.4 is 5.32 Å². The van der Waals surface area contributed by atoms with E-state index in [-0.39, 0.29) is 6.61 Å². The van der Waals surface area contributed by atoms with Gasteiger partial charge in [-0.25, -0.2) is 0 Å². The zero-order chi connectivity index (χ0) is 12.7. The molecule has 0 amide bonds. The van der Waals surface area contributed by atoms with Crippen LogP contribution in [0.25, 0.3) is 0 Å². The van der Waals surface area contributed by atoms with E-state index in [1.54, 1.807) is 4.68 Å². The number of aromatic nitrogens is 2. The van der Waals surface area contributed by atoms with Crippen LogP contribution in [0.5, 0.6) is 0 Å². The van der Waals surface area contributed by atoms with Crippen LogP contribution in [0.3, 0.4) is 0 Å². The van der Waals surface area contributed by atoms with Crippen LogP contribution >= 0.6 is 0 Å². The molecule has 1 aromatic heterocycles. The summed E-state index contributed by atoms with van der Waals surface area (Å²) in [5.41, 5.74) is 0.906. The number of nitrogens with one attached hydrogen (secondary N) is 1. The molecule has 0 bridgehead atoms. The lowest BCUT2D eigenvalue weighted by Crippen LogP contribution is -2.20. The quantitative estimate of drug-likeness (QED) is 0.746. The molecule has 0 aliphatic carbocycles. The number of nitrogens with zero attached hydrogens (tertiary/aromatic N) is 2. The SMILES string of the molecule is Cn1ccc(CNCCCOCC(F)(F)F)n1. The Morgan fingerprint density at radius 1 is 1.47 bits per heavy atom. The van der Waals surface area contributed by atoms with Crippen LogP contribution in [-0.2, 0) is 18.3 Å². The highest BCUT2D eigenvalue weighted by molar-refractivity contribution is 4.97. The fourth-order valence-electron chi connectivity index (χ4n) is 1.26. The molecule has 4 nitrogen and oxygen atoms in total. The largest absolute Gasteiger partial charge is 0.411 e. The first-order valence-corrected chi connectivity index (χ1v) is 5.31. The molecule has 0 fully saturated rings. The predicted molar refractivity (Wildman–Crippen MR) is 56.4 cm³/mol. The zero-order valence-electron chi connectivity index (χ0n) is 9.63. The molecule has 0 aliphatic rings. The van der Waals surface area contributed by atoms with Crippen LogP contribution in [0.15, 0.2) is 12.3 Å². The van der Waals surface area contributed by atoms with Crippen molar-refractivity contribution in [3.05, 3.63) is 18.0 Å². The summed E-state index contributed by atoms with van der Waals surface area (Å²) in [6, 6.07) is 1.88. The molecule has 0 aliphatic heterocycles. The van der Waals surface area contributed by atoms with E-state index in [0.29, 0.717) is 19.5 Å². The smallest absolute Gasteiger partial charge is 0.372 e. The van der Waals surface area contributed by atoms with Gasteiger partial charge in [0.15, 0.2) is 0 Å². The van der Waals surface area contributed by atoms with Crippen LogP contribution in [0.1, 0.15) is 12.1 Å². The maximum Gasteiger partial charge on any atom is 0.411 e. The van der Waals surface area contributed by atoms with E-state index in [4.69, 9.17) is 0 Å². The van der Waals surface area contributed by atoms with E-state index in [1.165, 1.54) is 0 Å². The summed E-state index contributed by atoms with van der Waals surface area (Å²) >= 11 is 0. The molecule has 7 heteroatoms. The standard InChI is InChI=1S/C10H16F3N3O/c1-16-5-3-9(15-16)7-14-4-2-6-17-8-10(11,12)13/h3,5,14H,2,4,6-8H2,1H3. The molecule has 0 unspecified atom stereocenters. The molecule has 17 heavy (non-hydrogen) atoms. The lowest BCUT2D eigenvalue weighted by atomic mass is 10.4. The second-order valence-corrected chi connectivity index (χ2v) is 3.68. The van der Waals surface area contributed by atoms with Gasteiger partial charge in [-0.05, 0) is 19.0 Å². The molecular weight excluding hydrogens is 235 g/mol. The first kappa shape index (κ1) is 14.0. The highest BCUT2D eigenvalue weighted by atomic mass is 19.4. The average Bonchev–Trinajstić information content (AvgIpc) is 2.61. The summed E-state index contributed by atoms with van der Waals surface area (Å²) < 4.78 is 41.3. The van der Waals surface area contributed by atoms with Gasteiger partial charge in [0.05, 0.1) is 5.69 Å². The lowest BCUT2D eigenvalue weighted by molar-refractivity contribution is -0.173. The Labute approximate surface area is 97.8 Å². The van der Waals surface area contributed by atoms with Crippen molar-refractivity contribution >= 4 is 0 Å². The fourth-order valence-corrected chi connectivity index (χ4v) is 1.26. The summed E-state index contributed by atoms with van der Waals surface area (Å²) in [5, 5.41) is 7.23. The Morgan fingerprint density at radius 2 is 2.24 bits per heavy atom. The van der Waals surface area contributed by atoms with Crippen LogP contribution in [0.4, 0.5) is 13.2 Å². The third kappa shape index (κ3) is 6.96. The molecular formula is C10H16F3N3O. The first-order valence-electron chi connectivity index (χ1n) is 5.31. The minimum Gasteiger partial charge on any atom is -0.372 e. The van der Waals surface area contributed by atoms with Crippen LogP contribution in [0.2, 0.25) is 0 Å². The highest BCUT2D eigenvalue weighted by Gasteiger charge is 2.27. The Morgan fingerprint density at radius 3 is 2.82 bits per heavy atom. The van der Waals surface area contributed by atoms with E-state index in [9.17, 15) is 13.2 Å². The van der Waals surface area contributed by atoms with Gasteiger partial charge in [0.25, 0.3) is 0 Å². The zero-order valence-corrected chi connectivity index (χ0v) is 9.63. The number of aryl methyl sites for hydroxylation is 1. The normalized spacial score (nSPS) is 12.0. The van der Waals surface area contributed by atoms with Crippen molar-refractivity contribution in [2.45, 2.75) is 19.1 Å². The summed E-state index contributed by atoms with van der Waals surface area (Å²) in [7, 11) is 1.83. The summed E-state index contributed by atoms with van der Waals surface area (Å²) in [4.78, 5) is 0. The molecule has 1 aromatic rings. The Kier molecular flexibility index (Phi) is 5.43. The average molecular weight is 251 g/mol. The van der Waals surface area contributed by atoms with Gasteiger partial charge < -0.3 is 10.1 Å². The van der Waals surface area contributed by atoms with Gasteiger partial charge in [0.1, 0.15) is 6.61 Å². The molecule has 0 radical (unpaired) electrons. The molecule has 1 rings (SSSR count). The third-order valence-electron chi connectivity index (χ3n) is 1.98. The maximum atomic E-state index is 11.7. The van der Waals surface area contributed by atoms with Crippen molar-refractivity contribution < 1.29 is 17.9 Å². The van der Waals surface area contributed by atoms with E-state index in [0.717, 1.165) is 5.69 Å². The molecule has 0 spiro atoms. The molecule has 0 aromatic carbocycles. The molecule has 1 heterocycles. The molecule has 98 valence electrons. The van der Waals surface area contributed by atoms with E-state index >= 15 is 0 Å². The fraction of sp³-hybridized carbons (Fsp3) is 0.700. The van der Waals surface area contributed by atoms with Gasteiger partial charge in [0.2, 0.25) is 0 Å². The summed E-state index contributed by atoms with van der Waals surface area (Å²) in [5.74, 6) is 0. The van der Waals surface area contributed by atoms with Crippen molar-refractivity contribution in [3.63, 3.8) is 0 Å². The molecule has 1 N–H and O–H groups in total. The van der Waals surface area contributed by atoms with Crippen LogP contribution in [-0.4, -0.2) is 35.7 Å². The first-order chi connectivity index (χ1) is 7.97. The molecule has 0 atom stereocenters. The number of ether oxygens (including phenoxy) is 1. The third-order valence-corrected chi connectivity index (χ3v) is 1.98. The van der Waals surface area contributed by atoms with Gasteiger partial charge >= 0.3 is 6.18 Å². The number of halogens is 3. The van der Waals surface area contributed by atoms with Crippen molar-refractivity contribution in [2.24, 2.45) is 7.05 Å².